The summed E-state index contributed by atoms with van der Waals surface area (Å²) >= 11 is 0. The van der Waals surface area contributed by atoms with E-state index in [9.17, 15) is 23.1 Å². The molecule has 0 aromatic carbocycles. The number of ketones is 1. The highest BCUT2D eigenvalue weighted by Gasteiger charge is 2.43. The van der Waals surface area contributed by atoms with Crippen LogP contribution in [-0.2, 0) is 11.0 Å². The van der Waals surface area contributed by atoms with Crippen LogP contribution in [0, 0.1) is 5.92 Å². The van der Waals surface area contributed by atoms with Crippen LogP contribution in [-0.4, -0.2) is 52.0 Å². The summed E-state index contributed by atoms with van der Waals surface area (Å²) in [5, 5.41) is 17.8. The van der Waals surface area contributed by atoms with E-state index in [1.807, 2.05) is 4.90 Å². The molecule has 28 heavy (non-hydrogen) atoms. The number of aromatic nitrogens is 2. The Morgan fingerprint density at radius 3 is 2.54 bits per heavy atom. The molecule has 2 aliphatic heterocycles. The summed E-state index contributed by atoms with van der Waals surface area (Å²) in [5.74, 6) is 0.622. The Morgan fingerprint density at radius 1 is 1.21 bits per heavy atom. The normalized spacial score (nSPS) is 26.5. The Bertz CT molecular complexity index is 851. The molecule has 6 nitrogen and oxygen atoms in total. The van der Waals surface area contributed by atoms with E-state index < -0.39 is 17.5 Å². The molecule has 1 unspecified atom stereocenters. The molecule has 9 heteroatoms. The lowest BCUT2D eigenvalue weighted by Gasteiger charge is -2.36. The summed E-state index contributed by atoms with van der Waals surface area (Å²) in [6.07, 6.45) is -2.52. The second-order valence-electron chi connectivity index (χ2n) is 7.88. The van der Waals surface area contributed by atoms with Crippen molar-refractivity contribution in [3.05, 3.63) is 29.0 Å². The summed E-state index contributed by atoms with van der Waals surface area (Å²) in [4.78, 5) is 18.4. The zero-order chi connectivity index (χ0) is 20.1. The van der Waals surface area contributed by atoms with Crippen molar-refractivity contribution >= 4 is 17.3 Å². The highest BCUT2D eigenvalue weighted by atomic mass is 19.4. The van der Waals surface area contributed by atoms with Crippen LogP contribution >= 0.6 is 0 Å². The number of nitrogens with zero attached hydrogens (tertiary/aromatic N) is 4. The molecule has 0 saturated carbocycles. The fourth-order valence-corrected chi connectivity index (χ4v) is 4.45. The molecule has 1 aromatic rings. The predicted octanol–water partition coefficient (Wildman–Crippen LogP) is 2.58. The minimum Gasteiger partial charge on any atom is -0.385 e. The molecular weight excluding hydrogens is 373 g/mol. The number of rotatable bonds is 2. The number of aliphatic imine (C=N–C) groups is 1. The third-order valence-electron chi connectivity index (χ3n) is 5.69. The molecule has 3 heterocycles. The van der Waals surface area contributed by atoms with Crippen molar-refractivity contribution in [3.8, 4) is 0 Å². The molecule has 1 atom stereocenters. The second-order valence-corrected chi connectivity index (χ2v) is 7.88. The van der Waals surface area contributed by atoms with E-state index in [-0.39, 0.29) is 18.1 Å². The summed E-state index contributed by atoms with van der Waals surface area (Å²) < 4.78 is 37.9. The second kappa shape index (κ2) is 6.65. The fourth-order valence-electron chi connectivity index (χ4n) is 4.45. The first kappa shape index (κ1) is 19.0. The van der Waals surface area contributed by atoms with Gasteiger partial charge in [-0.15, -0.1) is 10.2 Å². The van der Waals surface area contributed by atoms with E-state index in [4.69, 9.17) is 0 Å². The number of hydrogen-bond donors (Lipinski definition) is 1. The number of aliphatic hydroxyl groups is 1. The van der Waals surface area contributed by atoms with E-state index in [0.29, 0.717) is 31.9 Å². The van der Waals surface area contributed by atoms with Gasteiger partial charge in [0.1, 0.15) is 5.78 Å². The molecule has 0 radical (unpaired) electrons. The molecule has 0 amide bonds. The van der Waals surface area contributed by atoms with Gasteiger partial charge in [0.15, 0.2) is 11.5 Å². The Labute approximate surface area is 160 Å². The van der Waals surface area contributed by atoms with Gasteiger partial charge in [0.25, 0.3) is 0 Å². The first-order valence-corrected chi connectivity index (χ1v) is 9.32. The SMILES string of the molecule is CC1(O)CC(=O)CC2=C1C(C1CCN(c3ccc(C(F)(F)F)nn3)CC1)=NC2. The summed E-state index contributed by atoms with van der Waals surface area (Å²) in [6, 6.07) is 2.30. The smallest absolute Gasteiger partial charge is 0.385 e. The van der Waals surface area contributed by atoms with Crippen LogP contribution in [0.5, 0.6) is 0 Å². The topological polar surface area (TPSA) is 78.7 Å². The minimum absolute atomic E-state index is 0.0379. The van der Waals surface area contributed by atoms with Gasteiger partial charge < -0.3 is 10.0 Å². The maximum atomic E-state index is 12.6. The number of carbonyl (C=O) groups excluding carboxylic acids is 1. The number of hydrogen-bond acceptors (Lipinski definition) is 6. The van der Waals surface area contributed by atoms with Crippen molar-refractivity contribution in [2.75, 3.05) is 24.5 Å². The van der Waals surface area contributed by atoms with Crippen molar-refractivity contribution < 1.29 is 23.1 Å². The molecule has 1 aliphatic carbocycles. The first-order valence-electron chi connectivity index (χ1n) is 9.32. The molecule has 4 rings (SSSR count). The number of halogens is 3. The lowest BCUT2D eigenvalue weighted by atomic mass is 9.74. The minimum atomic E-state index is -4.50. The van der Waals surface area contributed by atoms with Gasteiger partial charge in [-0.3, -0.25) is 9.79 Å². The summed E-state index contributed by atoms with van der Waals surface area (Å²) in [5.41, 5.74) is 0.480. The molecular formula is C19H21F3N4O2. The van der Waals surface area contributed by atoms with Gasteiger partial charge in [-0.05, 0) is 37.5 Å². The molecule has 150 valence electrons. The maximum absolute atomic E-state index is 12.6. The molecule has 1 aromatic heterocycles. The fraction of sp³-hybridized carbons (Fsp3) is 0.579. The Morgan fingerprint density at radius 2 is 1.93 bits per heavy atom. The molecule has 0 bridgehead atoms. The van der Waals surface area contributed by atoms with E-state index in [1.54, 1.807) is 6.92 Å². The van der Waals surface area contributed by atoms with E-state index in [1.165, 1.54) is 6.07 Å². The third kappa shape index (κ3) is 3.43. The van der Waals surface area contributed by atoms with Crippen LogP contribution in [0.15, 0.2) is 28.3 Å². The predicted molar refractivity (Wildman–Crippen MR) is 96.2 cm³/mol. The van der Waals surface area contributed by atoms with Gasteiger partial charge >= 0.3 is 6.18 Å². The van der Waals surface area contributed by atoms with Gasteiger partial charge in [0.05, 0.1) is 12.1 Å². The molecule has 3 aliphatic rings. The van der Waals surface area contributed by atoms with Crippen molar-refractivity contribution in [2.45, 2.75) is 44.4 Å². The van der Waals surface area contributed by atoms with Gasteiger partial charge in [0.2, 0.25) is 0 Å². The van der Waals surface area contributed by atoms with E-state index in [2.05, 4.69) is 15.2 Å². The molecule has 1 fully saturated rings. The average Bonchev–Trinajstić information content (AvgIpc) is 3.05. The van der Waals surface area contributed by atoms with Gasteiger partial charge in [-0.1, -0.05) is 0 Å². The number of carbonyl (C=O) groups is 1. The summed E-state index contributed by atoms with van der Waals surface area (Å²) in [7, 11) is 0. The number of Topliss-reactive ketones (excluding diaryl/α,β-unsaturated/α-hetero) is 1. The van der Waals surface area contributed by atoms with Crippen LogP contribution in [0.4, 0.5) is 19.0 Å². The number of piperidine rings is 1. The van der Waals surface area contributed by atoms with Crippen molar-refractivity contribution in [2.24, 2.45) is 10.9 Å². The molecule has 0 spiro atoms. The lowest BCUT2D eigenvalue weighted by Crippen LogP contribution is -2.42. The standard InChI is InChI=1S/C19H21F3N4O2/c1-18(28)9-13(27)8-12-10-23-17(16(12)18)11-4-6-26(7-5-11)15-3-2-14(24-25-15)19(20,21)22/h2-3,11,28H,4-10H2,1H3. The van der Waals surface area contributed by atoms with Crippen LogP contribution in [0.1, 0.15) is 38.3 Å². The largest absolute Gasteiger partial charge is 0.435 e. The van der Waals surface area contributed by atoms with Crippen molar-refractivity contribution in [1.82, 2.24) is 10.2 Å². The first-order chi connectivity index (χ1) is 13.1. The summed E-state index contributed by atoms with van der Waals surface area (Å²) in [6.45, 7) is 3.38. The quantitative estimate of drug-likeness (QED) is 0.834. The third-order valence-corrected chi connectivity index (χ3v) is 5.69. The monoisotopic (exact) mass is 394 g/mol. The molecule has 1 N–H and O–H groups in total. The van der Waals surface area contributed by atoms with Gasteiger partial charge in [0, 0.05) is 43.1 Å². The van der Waals surface area contributed by atoms with Crippen LogP contribution < -0.4 is 4.90 Å². The Hall–Kier alpha value is -2.29. The van der Waals surface area contributed by atoms with Crippen molar-refractivity contribution in [1.29, 1.82) is 0 Å². The van der Waals surface area contributed by atoms with Gasteiger partial charge in [-0.2, -0.15) is 13.2 Å². The zero-order valence-electron chi connectivity index (χ0n) is 15.5. The van der Waals surface area contributed by atoms with Crippen molar-refractivity contribution in [3.63, 3.8) is 0 Å². The highest BCUT2D eigenvalue weighted by molar-refractivity contribution is 6.08. The Kier molecular flexibility index (Phi) is 4.52. The average molecular weight is 394 g/mol. The van der Waals surface area contributed by atoms with Crippen LogP contribution in [0.25, 0.3) is 0 Å². The van der Waals surface area contributed by atoms with E-state index >= 15 is 0 Å². The Balaban J connectivity index is 1.44. The number of alkyl halides is 3. The zero-order valence-corrected chi connectivity index (χ0v) is 15.5. The van der Waals surface area contributed by atoms with Crippen LogP contribution in [0.3, 0.4) is 0 Å². The molecule has 1 saturated heterocycles. The number of anilines is 1. The maximum Gasteiger partial charge on any atom is 0.435 e. The lowest BCUT2D eigenvalue weighted by molar-refractivity contribution is -0.141. The highest BCUT2D eigenvalue weighted by Crippen LogP contribution is 2.40. The van der Waals surface area contributed by atoms with Gasteiger partial charge in [-0.25, -0.2) is 0 Å². The van der Waals surface area contributed by atoms with E-state index in [0.717, 1.165) is 35.8 Å². The van der Waals surface area contributed by atoms with Crippen LogP contribution in [0.2, 0.25) is 0 Å².